The first-order chi connectivity index (χ1) is 12.5. The first kappa shape index (κ1) is 22.2. The molecular formula is C18H28FN3O3S. The Morgan fingerprint density at radius 1 is 1.23 bits per heavy atom. The Bertz CT molecular complexity index is 557. The number of unbranched alkanes of at least 4 members (excludes halogenated alkanes) is 3. The third kappa shape index (κ3) is 8.53. The van der Waals surface area contributed by atoms with Gasteiger partial charge in [-0.25, -0.2) is 14.9 Å². The van der Waals surface area contributed by atoms with Crippen molar-refractivity contribution in [1.29, 1.82) is 0 Å². The Balaban J connectivity index is 2.79. The predicted molar refractivity (Wildman–Crippen MR) is 103 cm³/mol. The molecule has 1 aromatic carbocycles. The quantitative estimate of drug-likeness (QED) is 0.357. The standard InChI is InChI=1S/C18H28FN3O3S/c1-3-4-5-6-7-17(23)21-22(15-10-8-14(19)9-11-15)20-16(18(24)25)12-13-26-2/h8-11,16,20H,3-7,12-13H2,1-2H3,(H,21,23)(H,24,25). The van der Waals surface area contributed by atoms with Crippen LogP contribution in [0.3, 0.4) is 0 Å². The number of hydrazine groups is 2. The van der Waals surface area contributed by atoms with Gasteiger partial charge in [-0.3, -0.25) is 15.0 Å². The third-order valence-electron chi connectivity index (χ3n) is 3.77. The zero-order chi connectivity index (χ0) is 19.4. The number of carbonyl (C=O) groups is 2. The number of hydrogen-bond donors (Lipinski definition) is 3. The summed E-state index contributed by atoms with van der Waals surface area (Å²) in [5.41, 5.74) is 5.97. The summed E-state index contributed by atoms with van der Waals surface area (Å²) in [6, 6.07) is 4.61. The molecule has 1 unspecified atom stereocenters. The molecule has 0 aliphatic heterocycles. The second-order valence-electron chi connectivity index (χ2n) is 5.96. The van der Waals surface area contributed by atoms with Gasteiger partial charge < -0.3 is 5.11 Å². The van der Waals surface area contributed by atoms with E-state index >= 15 is 0 Å². The fourth-order valence-electron chi connectivity index (χ4n) is 2.29. The molecule has 0 saturated carbocycles. The number of nitrogens with one attached hydrogen (secondary N) is 2. The number of halogens is 1. The summed E-state index contributed by atoms with van der Waals surface area (Å²) in [4.78, 5) is 23.7. The molecule has 1 amide bonds. The molecule has 0 radical (unpaired) electrons. The molecule has 6 nitrogen and oxygen atoms in total. The van der Waals surface area contributed by atoms with Crippen molar-refractivity contribution < 1.29 is 19.1 Å². The van der Waals surface area contributed by atoms with Crippen LogP contribution < -0.4 is 16.0 Å². The van der Waals surface area contributed by atoms with Crippen LogP contribution in [0.25, 0.3) is 0 Å². The van der Waals surface area contributed by atoms with E-state index in [1.165, 1.54) is 29.4 Å². The first-order valence-corrected chi connectivity index (χ1v) is 10.2. The maximum atomic E-state index is 13.2. The second kappa shape index (κ2) is 12.5. The van der Waals surface area contributed by atoms with Gasteiger partial charge in [-0.15, -0.1) is 0 Å². The number of nitrogens with zero attached hydrogens (tertiary/aromatic N) is 1. The molecule has 0 aromatic heterocycles. The van der Waals surface area contributed by atoms with E-state index in [9.17, 15) is 19.1 Å². The summed E-state index contributed by atoms with van der Waals surface area (Å²) in [5, 5.41) is 10.7. The van der Waals surface area contributed by atoms with Crippen LogP contribution in [0.2, 0.25) is 0 Å². The van der Waals surface area contributed by atoms with Crippen LogP contribution in [0.4, 0.5) is 10.1 Å². The minimum absolute atomic E-state index is 0.216. The van der Waals surface area contributed by atoms with Crippen LogP contribution >= 0.6 is 11.8 Å². The van der Waals surface area contributed by atoms with Gasteiger partial charge in [0, 0.05) is 6.42 Å². The maximum absolute atomic E-state index is 13.2. The number of aliphatic carboxylic acids is 1. The zero-order valence-corrected chi connectivity index (χ0v) is 16.2. The highest BCUT2D eigenvalue weighted by atomic mass is 32.2. The Labute approximate surface area is 158 Å². The Hall–Kier alpha value is -1.80. The summed E-state index contributed by atoms with van der Waals surface area (Å²) in [5.74, 6) is -0.973. The third-order valence-corrected chi connectivity index (χ3v) is 4.42. The smallest absolute Gasteiger partial charge is 0.322 e. The lowest BCUT2D eigenvalue weighted by Gasteiger charge is -2.29. The van der Waals surface area contributed by atoms with Gasteiger partial charge in [0.1, 0.15) is 11.9 Å². The normalized spacial score (nSPS) is 11.8. The van der Waals surface area contributed by atoms with E-state index in [-0.39, 0.29) is 5.91 Å². The second-order valence-corrected chi connectivity index (χ2v) is 6.94. The van der Waals surface area contributed by atoms with Crippen molar-refractivity contribution >= 4 is 29.3 Å². The Morgan fingerprint density at radius 3 is 2.50 bits per heavy atom. The van der Waals surface area contributed by atoms with Gasteiger partial charge in [0.15, 0.2) is 0 Å². The monoisotopic (exact) mass is 385 g/mol. The summed E-state index contributed by atoms with van der Waals surface area (Å²) >= 11 is 1.54. The molecule has 8 heteroatoms. The Morgan fingerprint density at radius 2 is 1.92 bits per heavy atom. The fourth-order valence-corrected chi connectivity index (χ4v) is 2.76. The van der Waals surface area contributed by atoms with Crippen molar-refractivity contribution in [1.82, 2.24) is 10.9 Å². The fraction of sp³-hybridized carbons (Fsp3) is 0.556. The number of benzene rings is 1. The van der Waals surface area contributed by atoms with E-state index in [0.717, 1.165) is 25.7 Å². The molecule has 26 heavy (non-hydrogen) atoms. The summed E-state index contributed by atoms with van der Waals surface area (Å²) in [6.07, 6.45) is 6.53. The molecular weight excluding hydrogens is 357 g/mol. The lowest BCUT2D eigenvalue weighted by atomic mass is 10.1. The van der Waals surface area contributed by atoms with Crippen LogP contribution in [0.5, 0.6) is 0 Å². The van der Waals surface area contributed by atoms with E-state index in [4.69, 9.17) is 0 Å². The highest BCUT2D eigenvalue weighted by Crippen LogP contribution is 2.13. The summed E-state index contributed by atoms with van der Waals surface area (Å²) < 4.78 is 13.2. The first-order valence-electron chi connectivity index (χ1n) is 8.81. The van der Waals surface area contributed by atoms with Gasteiger partial charge >= 0.3 is 5.97 Å². The van der Waals surface area contributed by atoms with E-state index in [0.29, 0.717) is 24.3 Å². The number of hydrogen-bond acceptors (Lipinski definition) is 5. The van der Waals surface area contributed by atoms with Gasteiger partial charge in [-0.1, -0.05) is 26.2 Å². The molecule has 0 saturated heterocycles. The van der Waals surface area contributed by atoms with Crippen LogP contribution in [-0.4, -0.2) is 35.0 Å². The largest absolute Gasteiger partial charge is 0.480 e. The molecule has 0 aliphatic carbocycles. The summed E-state index contributed by atoms with van der Waals surface area (Å²) in [6.45, 7) is 2.10. The number of thioether (sulfide) groups is 1. The molecule has 1 rings (SSSR count). The molecule has 0 fully saturated rings. The van der Waals surface area contributed by atoms with Crippen molar-refractivity contribution in [2.75, 3.05) is 17.1 Å². The zero-order valence-electron chi connectivity index (χ0n) is 15.3. The van der Waals surface area contributed by atoms with Crippen molar-refractivity contribution in [3.05, 3.63) is 30.1 Å². The lowest BCUT2D eigenvalue weighted by Crippen LogP contribution is -2.57. The van der Waals surface area contributed by atoms with E-state index in [1.807, 2.05) is 6.26 Å². The van der Waals surface area contributed by atoms with E-state index in [1.54, 1.807) is 11.8 Å². The van der Waals surface area contributed by atoms with Crippen LogP contribution in [0.15, 0.2) is 24.3 Å². The van der Waals surface area contributed by atoms with Crippen molar-refractivity contribution in [3.8, 4) is 0 Å². The molecule has 0 heterocycles. The number of carboxylic acid groups (broad SMARTS) is 1. The summed E-state index contributed by atoms with van der Waals surface area (Å²) in [7, 11) is 0. The van der Waals surface area contributed by atoms with Crippen molar-refractivity contribution in [2.45, 2.75) is 51.5 Å². The highest BCUT2D eigenvalue weighted by Gasteiger charge is 2.21. The average molecular weight is 386 g/mol. The Kier molecular flexibility index (Phi) is 10.7. The molecule has 0 bridgehead atoms. The number of carbonyl (C=O) groups excluding carboxylic acids is 1. The van der Waals surface area contributed by atoms with Crippen molar-refractivity contribution in [2.24, 2.45) is 0 Å². The van der Waals surface area contributed by atoms with Crippen LogP contribution in [0, 0.1) is 5.82 Å². The SMILES string of the molecule is CCCCCCC(=O)NN(NC(CCSC)C(=O)O)c1ccc(F)cc1. The van der Waals surface area contributed by atoms with E-state index in [2.05, 4.69) is 17.8 Å². The molecule has 1 aromatic rings. The average Bonchev–Trinajstić information content (AvgIpc) is 2.61. The number of rotatable bonds is 13. The number of carboxylic acids is 1. The van der Waals surface area contributed by atoms with Crippen molar-refractivity contribution in [3.63, 3.8) is 0 Å². The topological polar surface area (TPSA) is 81.7 Å². The predicted octanol–water partition coefficient (Wildman–Crippen LogP) is 3.34. The van der Waals surface area contributed by atoms with Gasteiger partial charge in [0.25, 0.3) is 0 Å². The lowest BCUT2D eigenvalue weighted by molar-refractivity contribution is -0.140. The van der Waals surface area contributed by atoms with Crippen LogP contribution in [0.1, 0.15) is 45.4 Å². The molecule has 0 spiro atoms. The molecule has 0 aliphatic rings. The van der Waals surface area contributed by atoms with Gasteiger partial charge in [-0.05, 0) is 49.1 Å². The molecule has 146 valence electrons. The van der Waals surface area contributed by atoms with Gasteiger partial charge in [-0.2, -0.15) is 11.8 Å². The molecule has 3 N–H and O–H groups in total. The highest BCUT2D eigenvalue weighted by molar-refractivity contribution is 7.98. The minimum atomic E-state index is -1.01. The van der Waals surface area contributed by atoms with Gasteiger partial charge in [0.2, 0.25) is 5.91 Å². The maximum Gasteiger partial charge on any atom is 0.322 e. The van der Waals surface area contributed by atoms with Gasteiger partial charge in [0.05, 0.1) is 5.69 Å². The number of amides is 1. The number of anilines is 1. The minimum Gasteiger partial charge on any atom is -0.480 e. The molecule has 1 atom stereocenters. The van der Waals surface area contributed by atoms with Crippen LogP contribution in [-0.2, 0) is 9.59 Å². The van der Waals surface area contributed by atoms with E-state index < -0.39 is 17.8 Å².